The summed E-state index contributed by atoms with van der Waals surface area (Å²) in [4.78, 5) is 88.8. The highest BCUT2D eigenvalue weighted by molar-refractivity contribution is 5.98. The van der Waals surface area contributed by atoms with E-state index in [-0.39, 0.29) is 42.4 Å². The van der Waals surface area contributed by atoms with Crippen LogP contribution in [0.2, 0.25) is 0 Å². The molecule has 516 valence electrons. The molecule has 2 aliphatic rings. The van der Waals surface area contributed by atoms with Crippen molar-refractivity contribution in [3.05, 3.63) is 275 Å². The molecule has 0 unspecified atom stereocenters. The third-order valence-corrected chi connectivity index (χ3v) is 18.9. The van der Waals surface area contributed by atoms with Crippen LogP contribution < -0.4 is 22.4 Å². The summed E-state index contributed by atoms with van der Waals surface area (Å²) in [6, 6.07) is 63.5. The first-order valence-corrected chi connectivity index (χ1v) is 34.4. The summed E-state index contributed by atoms with van der Waals surface area (Å²) in [6.45, 7) is 8.43. The van der Waals surface area contributed by atoms with E-state index in [1.165, 1.54) is 11.1 Å². The van der Waals surface area contributed by atoms with Gasteiger partial charge in [0.05, 0.1) is 85.1 Å². The second-order valence-electron chi connectivity index (χ2n) is 25.7. The van der Waals surface area contributed by atoms with Crippen molar-refractivity contribution in [2.45, 2.75) is 84.2 Å². The van der Waals surface area contributed by atoms with Gasteiger partial charge < -0.3 is 35.3 Å². The van der Waals surface area contributed by atoms with Gasteiger partial charge in [0.1, 0.15) is 0 Å². The second-order valence-corrected chi connectivity index (χ2v) is 25.7. The van der Waals surface area contributed by atoms with E-state index in [2.05, 4.69) is 83.6 Å². The van der Waals surface area contributed by atoms with Gasteiger partial charge in [0.25, 0.3) is 5.91 Å². The Morgan fingerprint density at radius 3 is 1.31 bits per heavy atom. The summed E-state index contributed by atoms with van der Waals surface area (Å²) in [5.41, 5.74) is 21.6. The molecule has 14 aromatic rings. The Kier molecular flexibility index (Phi) is 21.6. The standard InChI is InChI=1S/C40H38N8O2.C34H29N5O3.C6H11N3.CH4/c49-39(42-19-6-21-47-24-20-41-27-47)31-15-16-33-35(25-31)44-38(37(43-33)29-7-2-1-3-8-29)30-13-11-28(12-14-30)26-46-22-17-32(18-23-46)48-36-10-5-4-9-34(36)45-40(48)50;40-33(41)25-14-15-27-29(20-25)36-32(31(35-27)23-6-2-1-3-7-23)24-12-10-22(11-13-24)21-38-18-16-26(17-19-38)39-30-9-5-4-8-28(30)37-34(39)42;7-2-1-4-9-5-3-8-6-9;/h1-5,7-16,20,24-25,27,32H,6,17-19,21-23,26H2,(H,42,49)(H,45,50);1-15,20,26H,16-19,21H2,(H,37,42)(H,40,41);3,5-6H,1-2,4,7H2;1H4. The van der Waals surface area contributed by atoms with Crippen LogP contribution >= 0.6 is 0 Å². The molecule has 102 heavy (non-hydrogen) atoms. The number of carboxylic acids is 1. The molecule has 8 aromatic carbocycles. The van der Waals surface area contributed by atoms with E-state index in [1.54, 1.807) is 43.2 Å². The first kappa shape index (κ1) is 68.7. The lowest BCUT2D eigenvalue weighted by molar-refractivity contribution is 0.0696. The minimum Gasteiger partial charge on any atom is -0.478 e. The van der Waals surface area contributed by atoms with Crippen LogP contribution in [0, 0.1) is 0 Å². The Morgan fingerprint density at radius 2 is 0.882 bits per heavy atom. The summed E-state index contributed by atoms with van der Waals surface area (Å²) < 4.78 is 7.88. The smallest absolute Gasteiger partial charge is 0.335 e. The number of amides is 1. The molecule has 2 fully saturated rings. The number of imidazole rings is 4. The van der Waals surface area contributed by atoms with E-state index in [0.717, 1.165) is 164 Å². The Bertz CT molecular complexity index is 5250. The first-order chi connectivity index (χ1) is 49.5. The quantitative estimate of drug-likeness (QED) is 0.0472. The third kappa shape index (κ3) is 15.9. The van der Waals surface area contributed by atoms with Gasteiger partial charge in [-0.05, 0) is 117 Å². The number of H-pyrrole nitrogens is 2. The number of nitrogens with one attached hydrogen (secondary N) is 3. The van der Waals surface area contributed by atoms with Gasteiger partial charge in [-0.25, -0.2) is 44.3 Å². The van der Waals surface area contributed by atoms with Crippen LogP contribution in [0.15, 0.2) is 241 Å². The fourth-order valence-electron chi connectivity index (χ4n) is 13.7. The number of likely N-dealkylation sites (tertiary alicyclic amines) is 2. The predicted molar refractivity (Wildman–Crippen MR) is 402 cm³/mol. The van der Waals surface area contributed by atoms with E-state index < -0.39 is 5.97 Å². The molecule has 8 heterocycles. The zero-order chi connectivity index (χ0) is 69.0. The molecule has 2 aliphatic heterocycles. The molecule has 0 aliphatic carbocycles. The average Bonchev–Trinajstić information content (AvgIpc) is 1.12. The van der Waals surface area contributed by atoms with Crippen molar-refractivity contribution in [2.75, 3.05) is 39.3 Å². The Labute approximate surface area is 590 Å². The lowest BCUT2D eigenvalue weighted by Gasteiger charge is -2.32. The Balaban J connectivity index is 0.000000162. The van der Waals surface area contributed by atoms with Crippen molar-refractivity contribution in [3.8, 4) is 45.0 Å². The number of piperidine rings is 2. The van der Waals surface area contributed by atoms with Gasteiger partial charge in [-0.15, -0.1) is 0 Å². The predicted octanol–water partition coefficient (Wildman–Crippen LogP) is 13.5. The summed E-state index contributed by atoms with van der Waals surface area (Å²) in [5.74, 6) is -1.12. The number of nitrogens with two attached hydrogens (primary N) is 1. The fraction of sp³-hybridized carbons (Fsp3) is 0.235. The zero-order valence-corrected chi connectivity index (χ0v) is 55.9. The number of para-hydroxylation sites is 4. The van der Waals surface area contributed by atoms with Crippen LogP contribution in [0.5, 0.6) is 0 Å². The van der Waals surface area contributed by atoms with Crippen molar-refractivity contribution in [1.82, 2.24) is 73.3 Å². The topological polar surface area (TPSA) is 262 Å². The highest BCUT2D eigenvalue weighted by Gasteiger charge is 2.26. The highest BCUT2D eigenvalue weighted by Crippen LogP contribution is 2.35. The highest BCUT2D eigenvalue weighted by atomic mass is 16.4. The van der Waals surface area contributed by atoms with Crippen LogP contribution in [0.3, 0.4) is 0 Å². The van der Waals surface area contributed by atoms with E-state index in [4.69, 9.17) is 25.7 Å². The molecule has 21 nitrogen and oxygen atoms in total. The first-order valence-electron chi connectivity index (χ1n) is 34.4. The molecule has 1 amide bonds. The van der Waals surface area contributed by atoms with Gasteiger partial charge in [-0.2, -0.15) is 0 Å². The fourth-order valence-corrected chi connectivity index (χ4v) is 13.7. The molecule has 0 spiro atoms. The molecule has 0 saturated carbocycles. The maximum atomic E-state index is 13.0. The number of hydrogen-bond donors (Lipinski definition) is 5. The van der Waals surface area contributed by atoms with Crippen LogP contribution in [0.4, 0.5) is 0 Å². The Hall–Kier alpha value is -11.8. The van der Waals surface area contributed by atoms with Gasteiger partial charge in [-0.3, -0.25) is 23.7 Å². The van der Waals surface area contributed by atoms with E-state index in [1.807, 2.05) is 158 Å². The molecule has 0 atom stereocenters. The summed E-state index contributed by atoms with van der Waals surface area (Å²) >= 11 is 0. The number of aryl methyl sites for hydroxylation is 2. The molecule has 6 N–H and O–H groups in total. The molecule has 21 heteroatoms. The second kappa shape index (κ2) is 32.0. The molecule has 2 saturated heterocycles. The largest absolute Gasteiger partial charge is 0.478 e. The SMILES string of the molecule is C.NCCCn1ccnc1.O=C(NCCCn1ccnc1)c1ccc2nc(-c3ccccc3)c(-c3ccc(CN4CCC(n5c(=O)[nH]c6ccccc65)CC4)cc3)nc2c1.O=C(O)c1ccc2nc(-c3ccccc3)c(-c3ccc(CN4CCC(n5c(=O)[nH]c6ccccc65)CC4)cc3)nc2c1. The number of hydrogen-bond acceptors (Lipinski definition) is 13. The number of carbonyl (C=O) groups is 2. The molecular formula is C81H82N16O5. The number of benzene rings is 8. The normalized spacial score (nSPS) is 13.7. The third-order valence-electron chi connectivity index (χ3n) is 18.9. The number of aromatic amines is 2. The Morgan fingerprint density at radius 1 is 0.480 bits per heavy atom. The van der Waals surface area contributed by atoms with Gasteiger partial charge in [0.15, 0.2) is 0 Å². The molecule has 0 radical (unpaired) electrons. The van der Waals surface area contributed by atoms with Gasteiger partial charge in [-0.1, -0.05) is 141 Å². The van der Waals surface area contributed by atoms with Crippen LogP contribution in [0.25, 0.3) is 89.2 Å². The summed E-state index contributed by atoms with van der Waals surface area (Å²) in [7, 11) is 0. The van der Waals surface area contributed by atoms with Crippen molar-refractivity contribution in [3.63, 3.8) is 0 Å². The van der Waals surface area contributed by atoms with Crippen molar-refractivity contribution >= 4 is 56.0 Å². The maximum Gasteiger partial charge on any atom is 0.335 e. The average molecular weight is 1360 g/mol. The number of carboxylic acid groups (broad SMARTS) is 1. The van der Waals surface area contributed by atoms with E-state index in [0.29, 0.717) is 34.4 Å². The molecule has 0 bridgehead atoms. The lowest BCUT2D eigenvalue weighted by atomic mass is 10.0. The number of aromatic carboxylic acids is 1. The minimum atomic E-state index is -0.991. The number of aromatic nitrogens is 12. The van der Waals surface area contributed by atoms with Crippen molar-refractivity contribution in [2.24, 2.45) is 5.73 Å². The molecular weight excluding hydrogens is 1280 g/mol. The maximum absolute atomic E-state index is 13.0. The summed E-state index contributed by atoms with van der Waals surface area (Å²) in [5, 5.41) is 12.5. The van der Waals surface area contributed by atoms with Gasteiger partial charge >= 0.3 is 17.3 Å². The molecule has 16 rings (SSSR count). The number of rotatable bonds is 19. The number of fused-ring (bicyclic) bond motifs is 4. The van der Waals surface area contributed by atoms with Crippen LogP contribution in [-0.2, 0) is 26.2 Å². The number of carbonyl (C=O) groups excluding carboxylic acids is 1. The van der Waals surface area contributed by atoms with Crippen LogP contribution in [0.1, 0.15) is 89.9 Å². The van der Waals surface area contributed by atoms with Gasteiger partial charge in [0.2, 0.25) is 0 Å². The van der Waals surface area contributed by atoms with Gasteiger partial charge in [0, 0.05) is 124 Å². The monoisotopic (exact) mass is 1360 g/mol. The van der Waals surface area contributed by atoms with Crippen molar-refractivity contribution in [1.29, 1.82) is 0 Å². The zero-order valence-electron chi connectivity index (χ0n) is 55.9. The van der Waals surface area contributed by atoms with E-state index >= 15 is 0 Å². The van der Waals surface area contributed by atoms with Crippen molar-refractivity contribution < 1.29 is 14.7 Å². The minimum absolute atomic E-state index is 0. The van der Waals surface area contributed by atoms with E-state index in [9.17, 15) is 24.3 Å². The number of nitrogens with zero attached hydrogens (tertiary/aromatic N) is 12. The molecule has 6 aromatic heterocycles. The van der Waals surface area contributed by atoms with Crippen LogP contribution in [-0.4, -0.2) is 124 Å². The lowest BCUT2D eigenvalue weighted by Crippen LogP contribution is -2.36. The summed E-state index contributed by atoms with van der Waals surface area (Å²) in [6.07, 6.45) is 16.5.